The molecule has 34 heavy (non-hydrogen) atoms. The molecular weight excluding hydrogens is 454 g/mol. The topological polar surface area (TPSA) is 90.9 Å². The lowest BCUT2D eigenvalue weighted by Crippen LogP contribution is -2.24. The van der Waals surface area contributed by atoms with Crippen LogP contribution in [0.4, 0.5) is 5.69 Å². The van der Waals surface area contributed by atoms with Crippen LogP contribution in [0, 0.1) is 0 Å². The molecule has 1 unspecified atom stereocenters. The minimum atomic E-state index is -0.977. The second-order valence-corrected chi connectivity index (χ2v) is 8.22. The third-order valence-corrected chi connectivity index (χ3v) is 5.92. The number of Topliss-reactive ketones (excluding diaryl/α,β-unsaturated/α-hetero) is 1. The van der Waals surface area contributed by atoms with Crippen LogP contribution < -0.4 is 14.8 Å². The van der Waals surface area contributed by atoms with Crippen LogP contribution in [0.1, 0.15) is 27.6 Å². The average Bonchev–Trinajstić information content (AvgIpc) is 2.87. The van der Waals surface area contributed by atoms with Crippen molar-refractivity contribution in [1.82, 2.24) is 0 Å². The number of ether oxygens (including phenoxy) is 3. The molecule has 0 aliphatic carbocycles. The minimum absolute atomic E-state index is 0.0852. The Kier molecular flexibility index (Phi) is 8.70. The maximum Gasteiger partial charge on any atom is 0.339 e. The first-order chi connectivity index (χ1) is 16.4. The number of esters is 1. The summed E-state index contributed by atoms with van der Waals surface area (Å²) in [5.41, 5.74) is 1.32. The van der Waals surface area contributed by atoms with Crippen LogP contribution in [0.2, 0.25) is 0 Å². The second-order valence-electron chi connectivity index (χ2n) is 7.21. The van der Waals surface area contributed by atoms with E-state index in [9.17, 15) is 14.4 Å². The van der Waals surface area contributed by atoms with Crippen molar-refractivity contribution in [3.8, 4) is 11.5 Å². The van der Waals surface area contributed by atoms with E-state index >= 15 is 0 Å². The van der Waals surface area contributed by atoms with Gasteiger partial charge in [0.25, 0.3) is 0 Å². The van der Waals surface area contributed by atoms with E-state index in [2.05, 4.69) is 5.32 Å². The van der Waals surface area contributed by atoms with Crippen molar-refractivity contribution in [2.75, 3.05) is 25.3 Å². The third-order valence-electron chi connectivity index (χ3n) is 4.85. The number of amides is 1. The van der Waals surface area contributed by atoms with Gasteiger partial charge in [-0.15, -0.1) is 11.8 Å². The van der Waals surface area contributed by atoms with Crippen molar-refractivity contribution in [3.05, 3.63) is 83.9 Å². The van der Waals surface area contributed by atoms with E-state index in [4.69, 9.17) is 14.2 Å². The van der Waals surface area contributed by atoms with E-state index in [1.807, 2.05) is 0 Å². The van der Waals surface area contributed by atoms with Crippen LogP contribution in [-0.4, -0.2) is 43.7 Å². The number of methoxy groups -OCH3 is 2. The SMILES string of the molecule is COc1ccc(C(=O)C(C)OC(=O)c2ccccc2SCC(=O)Nc2cccc(OC)c2)cc1. The van der Waals surface area contributed by atoms with Gasteiger partial charge >= 0.3 is 5.97 Å². The highest BCUT2D eigenvalue weighted by Gasteiger charge is 2.22. The summed E-state index contributed by atoms with van der Waals surface area (Å²) in [6.07, 6.45) is -0.977. The van der Waals surface area contributed by atoms with E-state index < -0.39 is 12.1 Å². The number of carbonyl (C=O) groups excluding carboxylic acids is 3. The summed E-state index contributed by atoms with van der Waals surface area (Å²) >= 11 is 1.21. The van der Waals surface area contributed by atoms with Gasteiger partial charge in [0.2, 0.25) is 11.7 Å². The predicted octanol–water partition coefficient (Wildman–Crippen LogP) is 4.86. The van der Waals surface area contributed by atoms with Gasteiger partial charge in [0.1, 0.15) is 11.5 Å². The first-order valence-corrected chi connectivity index (χ1v) is 11.4. The highest BCUT2D eigenvalue weighted by molar-refractivity contribution is 8.00. The summed E-state index contributed by atoms with van der Waals surface area (Å²) < 4.78 is 15.7. The van der Waals surface area contributed by atoms with E-state index in [1.54, 1.807) is 87.0 Å². The Morgan fingerprint density at radius 2 is 1.59 bits per heavy atom. The molecule has 7 nitrogen and oxygen atoms in total. The lowest BCUT2D eigenvalue weighted by molar-refractivity contribution is -0.113. The fraction of sp³-hybridized carbons (Fsp3) is 0.192. The second kappa shape index (κ2) is 11.9. The fourth-order valence-corrected chi connectivity index (χ4v) is 3.91. The Morgan fingerprint density at radius 3 is 2.29 bits per heavy atom. The number of anilines is 1. The number of nitrogens with one attached hydrogen (secondary N) is 1. The van der Waals surface area contributed by atoms with E-state index in [0.717, 1.165) is 0 Å². The molecule has 0 saturated heterocycles. The molecule has 0 spiro atoms. The number of hydrogen-bond donors (Lipinski definition) is 1. The van der Waals surface area contributed by atoms with Crippen molar-refractivity contribution in [2.45, 2.75) is 17.9 Å². The highest BCUT2D eigenvalue weighted by Crippen LogP contribution is 2.25. The molecular formula is C26H25NO6S. The van der Waals surface area contributed by atoms with Crippen molar-refractivity contribution in [1.29, 1.82) is 0 Å². The normalized spacial score (nSPS) is 11.3. The van der Waals surface area contributed by atoms with E-state index in [-0.39, 0.29) is 23.0 Å². The number of ketones is 1. The molecule has 0 bridgehead atoms. The van der Waals surface area contributed by atoms with Crippen LogP contribution in [0.5, 0.6) is 11.5 Å². The number of benzene rings is 3. The molecule has 0 aromatic heterocycles. The minimum Gasteiger partial charge on any atom is -0.497 e. The number of hydrogen-bond acceptors (Lipinski definition) is 7. The zero-order valence-electron chi connectivity index (χ0n) is 19.1. The molecule has 1 N–H and O–H groups in total. The summed E-state index contributed by atoms with van der Waals surface area (Å²) in [5.74, 6) is 0.162. The Labute approximate surface area is 202 Å². The van der Waals surface area contributed by atoms with Gasteiger partial charge in [0.15, 0.2) is 6.10 Å². The van der Waals surface area contributed by atoms with E-state index in [1.165, 1.54) is 18.7 Å². The molecule has 1 atom stereocenters. The largest absolute Gasteiger partial charge is 0.497 e. The van der Waals surface area contributed by atoms with E-state index in [0.29, 0.717) is 27.6 Å². The molecule has 8 heteroatoms. The van der Waals surface area contributed by atoms with Gasteiger partial charge in [-0.2, -0.15) is 0 Å². The molecule has 3 rings (SSSR count). The van der Waals surface area contributed by atoms with Gasteiger partial charge < -0.3 is 19.5 Å². The van der Waals surface area contributed by atoms with Crippen molar-refractivity contribution in [3.63, 3.8) is 0 Å². The summed E-state index contributed by atoms with van der Waals surface area (Å²) in [6.45, 7) is 1.53. The lowest BCUT2D eigenvalue weighted by Gasteiger charge is -2.14. The highest BCUT2D eigenvalue weighted by atomic mass is 32.2. The monoisotopic (exact) mass is 479 g/mol. The molecule has 0 saturated carbocycles. The Bertz CT molecular complexity index is 1160. The quantitative estimate of drug-likeness (QED) is 0.252. The van der Waals surface area contributed by atoms with Gasteiger partial charge in [-0.05, 0) is 55.5 Å². The summed E-state index contributed by atoms with van der Waals surface area (Å²) in [5, 5.41) is 2.80. The van der Waals surface area contributed by atoms with Crippen molar-refractivity contribution in [2.24, 2.45) is 0 Å². The molecule has 0 radical (unpaired) electrons. The Morgan fingerprint density at radius 1 is 0.882 bits per heavy atom. The molecule has 3 aromatic carbocycles. The molecule has 1 amide bonds. The van der Waals surface area contributed by atoms with Gasteiger partial charge in [-0.3, -0.25) is 9.59 Å². The zero-order valence-corrected chi connectivity index (χ0v) is 19.9. The molecule has 0 fully saturated rings. The van der Waals surface area contributed by atoms with Crippen LogP contribution >= 0.6 is 11.8 Å². The number of thioether (sulfide) groups is 1. The van der Waals surface area contributed by atoms with Gasteiger partial charge in [0.05, 0.1) is 25.5 Å². The first kappa shape index (κ1) is 24.9. The summed E-state index contributed by atoms with van der Waals surface area (Å²) in [6, 6.07) is 20.4. The maximum absolute atomic E-state index is 12.8. The molecule has 0 aliphatic heterocycles. The standard InChI is InChI=1S/C26H25NO6S/c1-17(25(29)18-11-13-20(31-2)14-12-18)33-26(30)22-9-4-5-10-23(22)34-16-24(28)27-19-7-6-8-21(15-19)32-3/h4-15,17H,16H2,1-3H3,(H,27,28). The third kappa shape index (κ3) is 6.62. The van der Waals surface area contributed by atoms with Crippen LogP contribution in [0.3, 0.4) is 0 Å². The molecule has 3 aromatic rings. The fourth-order valence-electron chi connectivity index (χ4n) is 3.07. The van der Waals surface area contributed by atoms with Crippen molar-refractivity contribution >= 4 is 35.1 Å². The smallest absolute Gasteiger partial charge is 0.339 e. The van der Waals surface area contributed by atoms with Gasteiger partial charge in [-0.25, -0.2) is 4.79 Å². The van der Waals surface area contributed by atoms with Crippen LogP contribution in [0.15, 0.2) is 77.7 Å². The van der Waals surface area contributed by atoms with Gasteiger partial charge in [-0.1, -0.05) is 18.2 Å². The maximum atomic E-state index is 12.8. The van der Waals surface area contributed by atoms with Gasteiger partial charge in [0, 0.05) is 22.2 Å². The molecule has 0 aliphatic rings. The number of rotatable bonds is 10. The van der Waals surface area contributed by atoms with Crippen LogP contribution in [0.25, 0.3) is 0 Å². The summed E-state index contributed by atoms with van der Waals surface area (Å²) in [4.78, 5) is 38.4. The predicted molar refractivity (Wildman–Crippen MR) is 131 cm³/mol. The summed E-state index contributed by atoms with van der Waals surface area (Å²) in [7, 11) is 3.09. The van der Waals surface area contributed by atoms with Crippen LogP contribution in [-0.2, 0) is 9.53 Å². The lowest BCUT2D eigenvalue weighted by atomic mass is 10.1. The Hall–Kier alpha value is -3.78. The molecule has 0 heterocycles. The first-order valence-electron chi connectivity index (χ1n) is 10.5. The molecule has 176 valence electrons. The Balaban J connectivity index is 1.61. The average molecular weight is 480 g/mol. The number of carbonyl (C=O) groups is 3. The zero-order chi connectivity index (χ0) is 24.5. The van der Waals surface area contributed by atoms with Crippen molar-refractivity contribution < 1.29 is 28.6 Å².